The van der Waals surface area contributed by atoms with Crippen molar-refractivity contribution in [3.05, 3.63) is 56.4 Å². The summed E-state index contributed by atoms with van der Waals surface area (Å²) in [5, 5.41) is 0.789. The summed E-state index contributed by atoms with van der Waals surface area (Å²) < 4.78 is 1.62. The van der Waals surface area contributed by atoms with Crippen LogP contribution in [0.25, 0.3) is 10.2 Å². The van der Waals surface area contributed by atoms with Crippen molar-refractivity contribution in [2.75, 3.05) is 11.4 Å². The van der Waals surface area contributed by atoms with E-state index < -0.39 is 0 Å². The average Bonchev–Trinajstić information content (AvgIpc) is 3.30. The second-order valence-corrected chi connectivity index (χ2v) is 8.85. The number of nitrogens with zero attached hydrogens (tertiary/aromatic N) is 3. The largest absolute Gasteiger partial charge is 0.311 e. The molecule has 5 rings (SSSR count). The average molecular weight is 394 g/mol. The van der Waals surface area contributed by atoms with E-state index >= 15 is 0 Å². The molecule has 0 saturated carbocycles. The van der Waals surface area contributed by atoms with Gasteiger partial charge in [-0.2, -0.15) is 0 Å². The number of benzene rings is 1. The molecule has 0 radical (unpaired) electrons. The van der Waals surface area contributed by atoms with Crippen molar-refractivity contribution < 1.29 is 4.79 Å². The van der Waals surface area contributed by atoms with Gasteiger partial charge < -0.3 is 4.90 Å². The maximum absolute atomic E-state index is 13.1. The molecule has 5 nitrogen and oxygen atoms in total. The van der Waals surface area contributed by atoms with Crippen molar-refractivity contribution in [3.63, 3.8) is 0 Å². The number of hydrogen-bond donors (Lipinski definition) is 0. The van der Waals surface area contributed by atoms with Crippen LogP contribution in [-0.2, 0) is 30.6 Å². The zero-order chi connectivity index (χ0) is 19.3. The Kier molecular flexibility index (Phi) is 4.31. The summed E-state index contributed by atoms with van der Waals surface area (Å²) >= 11 is 1.66. The first-order chi connectivity index (χ1) is 13.6. The molecule has 2 aromatic heterocycles. The van der Waals surface area contributed by atoms with Gasteiger partial charge in [-0.15, -0.1) is 11.3 Å². The molecule has 0 saturated heterocycles. The monoisotopic (exact) mass is 393 g/mol. The molecule has 0 fully saturated rings. The fourth-order valence-corrected chi connectivity index (χ4v) is 5.81. The fraction of sp³-hybridized carbons (Fsp3) is 0.409. The van der Waals surface area contributed by atoms with Gasteiger partial charge in [0.15, 0.2) is 0 Å². The number of anilines is 1. The Labute approximate surface area is 167 Å². The predicted octanol–water partition coefficient (Wildman–Crippen LogP) is 3.62. The van der Waals surface area contributed by atoms with Crippen LogP contribution >= 0.6 is 11.3 Å². The van der Waals surface area contributed by atoms with Gasteiger partial charge in [0.25, 0.3) is 5.56 Å². The Bertz CT molecular complexity index is 1140. The number of carbonyl (C=O) groups is 1. The minimum absolute atomic E-state index is 0.00945. The van der Waals surface area contributed by atoms with Crippen LogP contribution in [0.5, 0.6) is 0 Å². The highest BCUT2D eigenvalue weighted by atomic mass is 32.1. The number of fused-ring (bicyclic) bond motifs is 4. The first-order valence-electron chi connectivity index (χ1n) is 10.0. The first-order valence-corrected chi connectivity index (χ1v) is 10.8. The van der Waals surface area contributed by atoms with Crippen molar-refractivity contribution in [2.45, 2.75) is 52.0 Å². The van der Waals surface area contributed by atoms with Crippen molar-refractivity contribution in [1.82, 2.24) is 9.55 Å². The van der Waals surface area contributed by atoms with E-state index in [0.29, 0.717) is 13.0 Å². The molecule has 1 aliphatic carbocycles. The quantitative estimate of drug-likeness (QED) is 0.683. The summed E-state index contributed by atoms with van der Waals surface area (Å²) in [6, 6.07) is 6.19. The molecular formula is C22H23N3O2S. The third-order valence-electron chi connectivity index (χ3n) is 6.01. The van der Waals surface area contributed by atoms with Crippen molar-refractivity contribution in [1.29, 1.82) is 0 Å². The maximum Gasteiger partial charge on any atom is 0.262 e. The second kappa shape index (κ2) is 6.85. The Balaban J connectivity index is 1.39. The van der Waals surface area contributed by atoms with Gasteiger partial charge in [-0.1, -0.05) is 18.2 Å². The molecule has 1 aliphatic heterocycles. The van der Waals surface area contributed by atoms with Gasteiger partial charge in [0, 0.05) is 30.1 Å². The Hall–Kier alpha value is -2.47. The van der Waals surface area contributed by atoms with E-state index in [1.54, 1.807) is 22.2 Å². The van der Waals surface area contributed by atoms with Crippen molar-refractivity contribution in [2.24, 2.45) is 0 Å². The predicted molar refractivity (Wildman–Crippen MR) is 112 cm³/mol. The molecule has 0 bridgehead atoms. The standard InChI is InChI=1S/C22H23N3O2S/c1-14-5-4-6-15-9-12-25(20(14)15)18(26)10-11-24-13-23-21-19(22(24)27)16-7-2-3-8-17(16)28-21/h4-6,13H,2-3,7-12H2,1H3. The van der Waals surface area contributed by atoms with Gasteiger partial charge >= 0.3 is 0 Å². The highest BCUT2D eigenvalue weighted by molar-refractivity contribution is 7.18. The summed E-state index contributed by atoms with van der Waals surface area (Å²) in [5.41, 5.74) is 4.64. The van der Waals surface area contributed by atoms with Crippen LogP contribution in [0.4, 0.5) is 5.69 Å². The lowest BCUT2D eigenvalue weighted by Gasteiger charge is -2.19. The molecule has 2 aliphatic rings. The molecular weight excluding hydrogens is 370 g/mol. The summed E-state index contributed by atoms with van der Waals surface area (Å²) in [6.45, 7) is 3.15. The van der Waals surface area contributed by atoms with Crippen LogP contribution in [0.2, 0.25) is 0 Å². The maximum atomic E-state index is 13.1. The summed E-state index contributed by atoms with van der Waals surface area (Å²) in [4.78, 5) is 34.5. The molecule has 3 aromatic rings. The lowest BCUT2D eigenvalue weighted by Crippen LogP contribution is -2.31. The third-order valence-corrected chi connectivity index (χ3v) is 7.21. The lowest BCUT2D eigenvalue weighted by molar-refractivity contribution is -0.118. The van der Waals surface area contributed by atoms with E-state index in [2.05, 4.69) is 11.1 Å². The van der Waals surface area contributed by atoms with Crippen LogP contribution in [0.15, 0.2) is 29.3 Å². The van der Waals surface area contributed by atoms with Gasteiger partial charge in [0.05, 0.1) is 11.7 Å². The number of thiophene rings is 1. The van der Waals surface area contributed by atoms with Gasteiger partial charge in [-0.25, -0.2) is 4.98 Å². The highest BCUT2D eigenvalue weighted by Gasteiger charge is 2.26. The molecule has 1 aromatic carbocycles. The fourth-order valence-electron chi connectivity index (χ4n) is 4.59. The Morgan fingerprint density at radius 1 is 1.21 bits per heavy atom. The van der Waals surface area contributed by atoms with Crippen LogP contribution < -0.4 is 10.5 Å². The topological polar surface area (TPSA) is 55.2 Å². The summed E-state index contributed by atoms with van der Waals surface area (Å²) in [5.74, 6) is 0.0763. The smallest absolute Gasteiger partial charge is 0.262 e. The number of amides is 1. The van der Waals surface area contributed by atoms with E-state index in [1.165, 1.54) is 22.4 Å². The SMILES string of the molecule is Cc1cccc2c1N(C(=O)CCn1cnc3sc4c(c3c1=O)CCCC4)CC2. The Morgan fingerprint density at radius 3 is 2.96 bits per heavy atom. The van der Waals surface area contributed by atoms with E-state index in [1.807, 2.05) is 24.0 Å². The number of hydrogen-bond acceptors (Lipinski definition) is 4. The second-order valence-electron chi connectivity index (χ2n) is 7.76. The number of para-hydroxylation sites is 1. The van der Waals surface area contributed by atoms with E-state index in [4.69, 9.17) is 0 Å². The van der Waals surface area contributed by atoms with Crippen LogP contribution in [0.1, 0.15) is 40.8 Å². The van der Waals surface area contributed by atoms with Crippen molar-refractivity contribution in [3.8, 4) is 0 Å². The molecule has 3 heterocycles. The number of aryl methyl sites for hydroxylation is 4. The van der Waals surface area contributed by atoms with Gasteiger partial charge in [0.1, 0.15) is 4.83 Å². The normalized spacial score (nSPS) is 15.7. The number of rotatable bonds is 3. The molecule has 144 valence electrons. The zero-order valence-electron chi connectivity index (χ0n) is 16.0. The van der Waals surface area contributed by atoms with Gasteiger partial charge in [-0.05, 0) is 55.7 Å². The Morgan fingerprint density at radius 2 is 2.07 bits per heavy atom. The van der Waals surface area contributed by atoms with Gasteiger partial charge in [0.2, 0.25) is 5.91 Å². The molecule has 6 heteroatoms. The summed E-state index contributed by atoms with van der Waals surface area (Å²) in [6.07, 6.45) is 7.19. The third kappa shape index (κ3) is 2.78. The van der Waals surface area contributed by atoms with E-state index in [0.717, 1.165) is 53.7 Å². The minimum atomic E-state index is 0.00945. The molecule has 0 unspecified atom stereocenters. The van der Waals surface area contributed by atoms with E-state index in [9.17, 15) is 9.59 Å². The first kappa shape index (κ1) is 17.6. The van der Waals surface area contributed by atoms with Crippen LogP contribution in [0.3, 0.4) is 0 Å². The zero-order valence-corrected chi connectivity index (χ0v) is 16.8. The minimum Gasteiger partial charge on any atom is -0.311 e. The van der Waals surface area contributed by atoms with E-state index in [-0.39, 0.29) is 11.5 Å². The number of aromatic nitrogens is 2. The van der Waals surface area contributed by atoms with Gasteiger partial charge in [-0.3, -0.25) is 14.2 Å². The summed E-state index contributed by atoms with van der Waals surface area (Å²) in [7, 11) is 0. The van der Waals surface area contributed by atoms with Crippen molar-refractivity contribution >= 4 is 33.1 Å². The van der Waals surface area contributed by atoms with Crippen LogP contribution in [0, 0.1) is 6.92 Å². The molecule has 28 heavy (non-hydrogen) atoms. The van der Waals surface area contributed by atoms with Crippen LogP contribution in [-0.4, -0.2) is 22.0 Å². The molecule has 1 amide bonds. The molecule has 0 spiro atoms. The highest BCUT2D eigenvalue weighted by Crippen LogP contribution is 2.34. The molecule has 0 atom stereocenters. The molecule has 0 N–H and O–H groups in total. The number of carbonyl (C=O) groups excluding carboxylic acids is 1. The lowest BCUT2D eigenvalue weighted by atomic mass is 9.97.